The van der Waals surface area contributed by atoms with Crippen molar-refractivity contribution in [3.63, 3.8) is 0 Å². The van der Waals surface area contributed by atoms with Crippen molar-refractivity contribution in [1.82, 2.24) is 4.72 Å². The summed E-state index contributed by atoms with van der Waals surface area (Å²) in [4.78, 5) is 12.4. The summed E-state index contributed by atoms with van der Waals surface area (Å²) in [5.74, 6) is 0.833. The Kier molecular flexibility index (Phi) is 6.53. The van der Waals surface area contributed by atoms with Gasteiger partial charge >= 0.3 is 0 Å². The third kappa shape index (κ3) is 5.80. The number of ether oxygens (including phenoxy) is 1. The molecule has 8 heteroatoms. The van der Waals surface area contributed by atoms with Crippen LogP contribution in [0.3, 0.4) is 0 Å². The second kappa shape index (κ2) is 9.09. The molecule has 0 saturated heterocycles. The van der Waals surface area contributed by atoms with Crippen LogP contribution in [-0.4, -0.2) is 20.4 Å². The lowest BCUT2D eigenvalue weighted by molar-refractivity contribution is -0.117. The summed E-state index contributed by atoms with van der Waals surface area (Å²) >= 11 is 5.78. The lowest BCUT2D eigenvalue weighted by atomic mass is 10.2. The molecule has 1 atom stereocenters. The van der Waals surface area contributed by atoms with Crippen LogP contribution in [-0.2, 0) is 14.8 Å². The van der Waals surface area contributed by atoms with Gasteiger partial charge in [0.25, 0.3) is 0 Å². The fourth-order valence-corrected chi connectivity index (χ4v) is 3.78. The lowest BCUT2D eigenvalue weighted by Gasteiger charge is -2.15. The van der Waals surface area contributed by atoms with Crippen LogP contribution in [0, 0.1) is 0 Å². The first-order chi connectivity index (χ1) is 13.8. The van der Waals surface area contributed by atoms with Gasteiger partial charge in [0.15, 0.2) is 0 Å². The zero-order chi connectivity index (χ0) is 20.9. The van der Waals surface area contributed by atoms with E-state index in [1.807, 2.05) is 30.3 Å². The van der Waals surface area contributed by atoms with Crippen LogP contribution in [0.15, 0.2) is 83.8 Å². The maximum atomic E-state index is 12.4. The summed E-state index contributed by atoms with van der Waals surface area (Å²) < 4.78 is 32.8. The molecule has 3 aromatic rings. The van der Waals surface area contributed by atoms with Gasteiger partial charge in [-0.3, -0.25) is 4.79 Å². The normalized spacial score (nSPS) is 12.2. The third-order valence-electron chi connectivity index (χ3n) is 3.95. The van der Waals surface area contributed by atoms with Crippen LogP contribution < -0.4 is 14.8 Å². The van der Waals surface area contributed by atoms with Crippen molar-refractivity contribution in [2.45, 2.75) is 17.9 Å². The van der Waals surface area contributed by atoms with Gasteiger partial charge in [-0.05, 0) is 67.6 Å². The molecule has 0 aliphatic heterocycles. The average molecular weight is 431 g/mol. The van der Waals surface area contributed by atoms with E-state index in [9.17, 15) is 13.2 Å². The molecule has 0 bridgehead atoms. The van der Waals surface area contributed by atoms with Crippen LogP contribution in [0.4, 0.5) is 5.69 Å². The highest BCUT2D eigenvalue weighted by atomic mass is 35.5. The van der Waals surface area contributed by atoms with Crippen molar-refractivity contribution >= 4 is 33.2 Å². The molecule has 0 heterocycles. The Morgan fingerprint density at radius 2 is 1.48 bits per heavy atom. The molecule has 0 aromatic heterocycles. The van der Waals surface area contributed by atoms with E-state index in [-0.39, 0.29) is 4.90 Å². The topological polar surface area (TPSA) is 84.5 Å². The largest absolute Gasteiger partial charge is 0.457 e. The number of halogens is 1. The maximum absolute atomic E-state index is 12.4. The average Bonchev–Trinajstić information content (AvgIpc) is 2.70. The predicted molar refractivity (Wildman–Crippen MR) is 113 cm³/mol. The van der Waals surface area contributed by atoms with Gasteiger partial charge in [-0.2, -0.15) is 4.72 Å². The van der Waals surface area contributed by atoms with Gasteiger partial charge in [-0.1, -0.05) is 29.8 Å². The molecule has 0 fully saturated rings. The van der Waals surface area contributed by atoms with Crippen LogP contribution in [0.2, 0.25) is 5.02 Å². The van der Waals surface area contributed by atoms with E-state index < -0.39 is 22.0 Å². The zero-order valence-corrected chi connectivity index (χ0v) is 17.1. The second-order valence-electron chi connectivity index (χ2n) is 6.23. The summed E-state index contributed by atoms with van der Waals surface area (Å²) in [5.41, 5.74) is 0.521. The first-order valence-electron chi connectivity index (χ1n) is 8.75. The fraction of sp³-hybridized carbons (Fsp3) is 0.0952. The van der Waals surface area contributed by atoms with Crippen molar-refractivity contribution in [1.29, 1.82) is 0 Å². The molecule has 0 saturated carbocycles. The third-order valence-corrected chi connectivity index (χ3v) is 5.76. The highest BCUT2D eigenvalue weighted by Crippen LogP contribution is 2.22. The Hall–Kier alpha value is -2.87. The van der Waals surface area contributed by atoms with Crippen molar-refractivity contribution in [3.05, 3.63) is 83.9 Å². The summed E-state index contributed by atoms with van der Waals surface area (Å²) in [6.45, 7) is 1.47. The van der Waals surface area contributed by atoms with E-state index in [0.29, 0.717) is 22.2 Å². The summed E-state index contributed by atoms with van der Waals surface area (Å²) in [6.07, 6.45) is 0. The van der Waals surface area contributed by atoms with E-state index in [4.69, 9.17) is 16.3 Å². The molecule has 3 aromatic carbocycles. The Labute approximate surface area is 174 Å². The van der Waals surface area contributed by atoms with Gasteiger partial charge < -0.3 is 10.1 Å². The number of rotatable bonds is 7. The molecular weight excluding hydrogens is 412 g/mol. The molecule has 6 nitrogen and oxygen atoms in total. The van der Waals surface area contributed by atoms with Gasteiger partial charge in [0.1, 0.15) is 11.5 Å². The molecule has 0 aliphatic rings. The van der Waals surface area contributed by atoms with Crippen molar-refractivity contribution < 1.29 is 17.9 Å². The summed E-state index contributed by atoms with van der Waals surface area (Å²) in [7, 11) is -3.84. The molecule has 0 unspecified atom stereocenters. The van der Waals surface area contributed by atoms with Crippen LogP contribution >= 0.6 is 11.6 Å². The summed E-state index contributed by atoms with van der Waals surface area (Å²) in [6, 6.07) is 20.8. The highest BCUT2D eigenvalue weighted by Gasteiger charge is 2.22. The number of benzene rings is 3. The number of anilines is 1. The van der Waals surface area contributed by atoms with E-state index >= 15 is 0 Å². The summed E-state index contributed by atoms with van der Waals surface area (Å²) in [5, 5.41) is 3.10. The van der Waals surface area contributed by atoms with Crippen LogP contribution in [0.25, 0.3) is 0 Å². The number of hydrogen-bond donors (Lipinski definition) is 2. The lowest BCUT2D eigenvalue weighted by Crippen LogP contribution is -2.41. The zero-order valence-electron chi connectivity index (χ0n) is 15.5. The number of nitrogens with one attached hydrogen (secondary N) is 2. The van der Waals surface area contributed by atoms with Crippen molar-refractivity contribution in [2.24, 2.45) is 0 Å². The molecule has 0 radical (unpaired) electrons. The van der Waals surface area contributed by atoms with Gasteiger partial charge in [-0.25, -0.2) is 8.42 Å². The van der Waals surface area contributed by atoms with Crippen LogP contribution in [0.5, 0.6) is 11.5 Å². The van der Waals surface area contributed by atoms with Crippen molar-refractivity contribution in [3.8, 4) is 11.5 Å². The molecule has 3 rings (SSSR count). The number of hydrogen-bond acceptors (Lipinski definition) is 4. The Morgan fingerprint density at radius 3 is 2.10 bits per heavy atom. The van der Waals surface area contributed by atoms with E-state index in [1.54, 1.807) is 24.3 Å². The Balaban J connectivity index is 1.59. The molecule has 0 aliphatic carbocycles. The van der Waals surface area contributed by atoms with E-state index in [2.05, 4.69) is 10.0 Å². The predicted octanol–water partition coefficient (Wildman–Crippen LogP) is 4.44. The monoisotopic (exact) mass is 430 g/mol. The smallest absolute Gasteiger partial charge is 0.242 e. The second-order valence-corrected chi connectivity index (χ2v) is 8.38. The number of sulfonamides is 1. The molecule has 150 valence electrons. The number of carbonyl (C=O) groups excluding carboxylic acids is 1. The Morgan fingerprint density at radius 1 is 0.897 bits per heavy atom. The van der Waals surface area contributed by atoms with E-state index in [0.717, 1.165) is 0 Å². The highest BCUT2D eigenvalue weighted by molar-refractivity contribution is 7.89. The first-order valence-corrected chi connectivity index (χ1v) is 10.6. The van der Waals surface area contributed by atoms with Gasteiger partial charge in [0, 0.05) is 10.7 Å². The minimum Gasteiger partial charge on any atom is -0.457 e. The van der Waals surface area contributed by atoms with Crippen molar-refractivity contribution in [2.75, 3.05) is 5.32 Å². The SMILES string of the molecule is C[C@@H](NS(=O)(=O)c1ccc(Cl)cc1)C(=O)Nc1ccc(Oc2ccccc2)cc1. The Bertz CT molecular complexity index is 1070. The maximum Gasteiger partial charge on any atom is 0.242 e. The molecule has 0 spiro atoms. The van der Waals surface area contributed by atoms with Gasteiger partial charge in [-0.15, -0.1) is 0 Å². The molecule has 1 amide bonds. The fourth-order valence-electron chi connectivity index (χ4n) is 2.45. The van der Waals surface area contributed by atoms with Gasteiger partial charge in [0.05, 0.1) is 10.9 Å². The van der Waals surface area contributed by atoms with Gasteiger partial charge in [0.2, 0.25) is 15.9 Å². The van der Waals surface area contributed by atoms with E-state index in [1.165, 1.54) is 31.2 Å². The number of amides is 1. The molecule has 29 heavy (non-hydrogen) atoms. The minimum atomic E-state index is -3.84. The molecular formula is C21H19ClN2O4S. The first kappa shape index (κ1) is 20.9. The minimum absolute atomic E-state index is 0.0314. The molecule has 2 N–H and O–H groups in total. The van der Waals surface area contributed by atoms with Crippen LogP contribution in [0.1, 0.15) is 6.92 Å². The number of para-hydroxylation sites is 1. The number of carbonyl (C=O) groups is 1. The standard InChI is InChI=1S/C21H19ClN2O4S/c1-15(24-29(26,27)20-13-7-16(22)8-14-20)21(25)23-17-9-11-19(12-10-17)28-18-5-3-2-4-6-18/h2-15,24H,1H3,(H,23,25)/t15-/m1/s1. The quantitative estimate of drug-likeness (QED) is 0.580.